The first-order chi connectivity index (χ1) is 5.48. The van der Waals surface area contributed by atoms with Gasteiger partial charge in [0.1, 0.15) is 6.61 Å². The Bertz CT molecular complexity index is 140. The molecule has 0 unspecified atom stereocenters. The third kappa shape index (κ3) is 5.32. The van der Waals surface area contributed by atoms with Crippen molar-refractivity contribution in [3.63, 3.8) is 0 Å². The Hall–Kier alpha value is -0.345. The van der Waals surface area contributed by atoms with Gasteiger partial charge in [0.25, 0.3) is 8.05 Å². The molecule has 0 atom stereocenters. The fourth-order valence-corrected chi connectivity index (χ4v) is 0.524. The van der Waals surface area contributed by atoms with Crippen molar-refractivity contribution < 1.29 is 14.2 Å². The third-order valence-electron chi connectivity index (χ3n) is 1.50. The third-order valence-corrected chi connectivity index (χ3v) is 1.50. The molecule has 0 bridgehead atoms. The molecule has 0 aliphatic rings. The van der Waals surface area contributed by atoms with Gasteiger partial charge in [-0.3, -0.25) is 4.79 Å². The van der Waals surface area contributed by atoms with E-state index >= 15 is 0 Å². The lowest BCUT2D eigenvalue weighted by atomic mass is 9.91. The van der Waals surface area contributed by atoms with Crippen molar-refractivity contribution in [3.05, 3.63) is 0 Å². The quantitative estimate of drug-likeness (QED) is 0.438. The summed E-state index contributed by atoms with van der Waals surface area (Å²) in [5.74, 6) is 0.124. The molecule has 0 amide bonds. The highest BCUT2D eigenvalue weighted by Gasteiger charge is 2.20. The van der Waals surface area contributed by atoms with E-state index in [0.717, 1.165) is 0 Å². The van der Waals surface area contributed by atoms with Gasteiger partial charge in [-0.1, -0.05) is 20.8 Å². The van der Waals surface area contributed by atoms with Crippen LogP contribution in [-0.2, 0) is 14.2 Å². The lowest BCUT2D eigenvalue weighted by Gasteiger charge is -2.16. The van der Waals surface area contributed by atoms with E-state index in [9.17, 15) is 4.79 Å². The fraction of sp³-hybridized carbons (Fsp3) is 0.875. The van der Waals surface area contributed by atoms with Gasteiger partial charge in [0.15, 0.2) is 5.78 Å². The predicted molar refractivity (Wildman–Crippen MR) is 49.8 cm³/mol. The van der Waals surface area contributed by atoms with Gasteiger partial charge in [0.05, 0.1) is 13.2 Å². The van der Waals surface area contributed by atoms with E-state index in [-0.39, 0.29) is 17.8 Å². The number of Topliss-reactive ketones (excluding diaryl/α,β-unsaturated/α-hetero) is 1. The highest BCUT2D eigenvalue weighted by molar-refractivity contribution is 5.97. The Balaban J connectivity index is 3.45. The fourth-order valence-electron chi connectivity index (χ4n) is 0.524. The summed E-state index contributed by atoms with van der Waals surface area (Å²) in [5.41, 5.74) is -0.299. The van der Waals surface area contributed by atoms with Gasteiger partial charge >= 0.3 is 0 Å². The molecule has 0 rings (SSSR count). The summed E-state index contributed by atoms with van der Waals surface area (Å²) in [6.07, 6.45) is 0. The average molecular weight is 172 g/mol. The number of hydrogen-bond acceptors (Lipinski definition) is 3. The molecule has 0 aromatic heterocycles. The van der Waals surface area contributed by atoms with E-state index in [1.807, 2.05) is 20.8 Å². The molecule has 0 radical (unpaired) electrons. The zero-order valence-electron chi connectivity index (χ0n) is 8.35. The maximum absolute atomic E-state index is 11.3. The minimum Gasteiger partial charge on any atom is -0.442 e. The number of carbonyl (C=O) groups excluding carboxylic acids is 1. The van der Waals surface area contributed by atoms with E-state index in [2.05, 4.69) is 0 Å². The molecule has 0 saturated heterocycles. The summed E-state index contributed by atoms with van der Waals surface area (Å²) in [4.78, 5) is 11.3. The van der Waals surface area contributed by atoms with Crippen LogP contribution in [0.3, 0.4) is 0 Å². The highest BCUT2D eigenvalue weighted by Crippen LogP contribution is 2.14. The molecule has 3 nitrogen and oxygen atoms in total. The minimum absolute atomic E-state index is 0.124. The number of hydrogen-bond donors (Lipinski definition) is 0. The lowest BCUT2D eigenvalue weighted by molar-refractivity contribution is -0.131. The molecule has 4 heteroatoms. The van der Waals surface area contributed by atoms with E-state index in [4.69, 9.17) is 9.39 Å². The molecule has 0 heterocycles. The molecule has 0 spiro atoms. The van der Waals surface area contributed by atoms with Crippen LogP contribution in [0.15, 0.2) is 0 Å². The summed E-state index contributed by atoms with van der Waals surface area (Å²) in [6.45, 7) is 6.86. The van der Waals surface area contributed by atoms with Crippen molar-refractivity contribution in [2.45, 2.75) is 20.8 Å². The van der Waals surface area contributed by atoms with Crippen LogP contribution >= 0.6 is 0 Å². The first-order valence-corrected chi connectivity index (χ1v) is 4.08. The van der Waals surface area contributed by atoms with Gasteiger partial charge in [-0.05, 0) is 0 Å². The molecule has 0 aliphatic heterocycles. The van der Waals surface area contributed by atoms with Crippen LogP contribution in [0.4, 0.5) is 0 Å². The first-order valence-electron chi connectivity index (χ1n) is 4.08. The van der Waals surface area contributed by atoms with Crippen molar-refractivity contribution in [1.82, 2.24) is 0 Å². The van der Waals surface area contributed by atoms with Crippen LogP contribution in [0.2, 0.25) is 0 Å². The Morgan fingerprint density at radius 1 is 1.33 bits per heavy atom. The largest absolute Gasteiger partial charge is 0.442 e. The number of ether oxygens (including phenoxy) is 1. The number of rotatable bonds is 5. The SMILES string of the molecule is BOCCOCC(=O)C(C)(C)C. The molecular formula is C8H17BO3. The number of carbonyl (C=O) groups is 1. The molecule has 0 fully saturated rings. The maximum atomic E-state index is 11.3. The predicted octanol–water partition coefficient (Wildman–Crippen LogP) is 0.183. The number of ketones is 1. The zero-order chi connectivity index (χ0) is 9.61. The smallest absolute Gasteiger partial charge is 0.257 e. The molecule has 0 N–H and O–H groups in total. The van der Waals surface area contributed by atoms with Gasteiger partial charge < -0.3 is 9.39 Å². The maximum Gasteiger partial charge on any atom is 0.257 e. The average Bonchev–Trinajstić information content (AvgIpc) is 1.96. The second-order valence-corrected chi connectivity index (χ2v) is 3.72. The van der Waals surface area contributed by atoms with E-state index in [0.29, 0.717) is 13.2 Å². The molecule has 0 aliphatic carbocycles. The zero-order valence-corrected chi connectivity index (χ0v) is 8.35. The van der Waals surface area contributed by atoms with E-state index < -0.39 is 0 Å². The lowest BCUT2D eigenvalue weighted by Crippen LogP contribution is -2.25. The van der Waals surface area contributed by atoms with E-state index in [1.165, 1.54) is 0 Å². The molecule has 0 aromatic rings. The molecule has 0 aromatic carbocycles. The van der Waals surface area contributed by atoms with Gasteiger partial charge in [0, 0.05) is 5.41 Å². The van der Waals surface area contributed by atoms with Crippen LogP contribution in [-0.4, -0.2) is 33.7 Å². The summed E-state index contributed by atoms with van der Waals surface area (Å²) < 4.78 is 9.86. The Labute approximate surface area is 74.9 Å². The van der Waals surface area contributed by atoms with Gasteiger partial charge in [0.2, 0.25) is 0 Å². The van der Waals surface area contributed by atoms with Gasteiger partial charge in [-0.25, -0.2) is 0 Å². The Kier molecular flexibility index (Phi) is 5.17. The van der Waals surface area contributed by atoms with Crippen molar-refractivity contribution in [2.75, 3.05) is 19.8 Å². The second kappa shape index (κ2) is 5.33. The van der Waals surface area contributed by atoms with Gasteiger partial charge in [-0.2, -0.15) is 0 Å². The minimum atomic E-state index is -0.299. The first kappa shape index (κ1) is 11.7. The van der Waals surface area contributed by atoms with Crippen molar-refractivity contribution >= 4 is 13.8 Å². The summed E-state index contributed by atoms with van der Waals surface area (Å²) >= 11 is 0. The normalized spacial score (nSPS) is 11.6. The molecule has 0 saturated carbocycles. The topological polar surface area (TPSA) is 35.5 Å². The molecule has 70 valence electrons. The Morgan fingerprint density at radius 2 is 1.92 bits per heavy atom. The Morgan fingerprint density at radius 3 is 2.33 bits per heavy atom. The highest BCUT2D eigenvalue weighted by atomic mass is 16.5. The van der Waals surface area contributed by atoms with Crippen molar-refractivity contribution in [3.8, 4) is 0 Å². The molecule has 12 heavy (non-hydrogen) atoms. The van der Waals surface area contributed by atoms with Crippen LogP contribution in [0.5, 0.6) is 0 Å². The van der Waals surface area contributed by atoms with Gasteiger partial charge in [-0.15, -0.1) is 0 Å². The summed E-state index contributed by atoms with van der Waals surface area (Å²) in [5, 5.41) is 0. The monoisotopic (exact) mass is 172 g/mol. The van der Waals surface area contributed by atoms with Crippen molar-refractivity contribution in [2.24, 2.45) is 5.41 Å². The van der Waals surface area contributed by atoms with Crippen LogP contribution < -0.4 is 0 Å². The van der Waals surface area contributed by atoms with Crippen LogP contribution in [0.25, 0.3) is 0 Å². The molecular weight excluding hydrogens is 155 g/mol. The van der Waals surface area contributed by atoms with E-state index in [1.54, 1.807) is 8.05 Å². The summed E-state index contributed by atoms with van der Waals surface area (Å²) in [6, 6.07) is 0. The second-order valence-electron chi connectivity index (χ2n) is 3.72. The summed E-state index contributed by atoms with van der Waals surface area (Å²) in [7, 11) is 1.61. The standard InChI is InChI=1S/C8H17BO3/c1-8(2,3)7(10)6-11-4-5-12-9/h4-6,9H2,1-3H3. The van der Waals surface area contributed by atoms with Crippen LogP contribution in [0.1, 0.15) is 20.8 Å². The van der Waals surface area contributed by atoms with Crippen LogP contribution in [0, 0.1) is 5.41 Å². The van der Waals surface area contributed by atoms with Crippen molar-refractivity contribution in [1.29, 1.82) is 0 Å².